The van der Waals surface area contributed by atoms with Crippen molar-refractivity contribution in [2.75, 3.05) is 33.4 Å². The van der Waals surface area contributed by atoms with Crippen molar-refractivity contribution in [1.82, 2.24) is 19.2 Å². The Kier molecular flexibility index (Phi) is 6.86. The molecular formula is C20H28N4O4. The molecule has 1 aromatic heterocycles. The van der Waals surface area contributed by atoms with E-state index in [0.29, 0.717) is 38.5 Å². The van der Waals surface area contributed by atoms with Gasteiger partial charge in [0.25, 0.3) is 5.91 Å². The molecule has 28 heavy (non-hydrogen) atoms. The maximum atomic E-state index is 12.5. The molecule has 0 aliphatic carbocycles. The van der Waals surface area contributed by atoms with Gasteiger partial charge in [-0.2, -0.15) is 5.10 Å². The van der Waals surface area contributed by atoms with Gasteiger partial charge in [0, 0.05) is 32.7 Å². The first kappa shape index (κ1) is 20.1. The van der Waals surface area contributed by atoms with Crippen LogP contribution in [-0.4, -0.2) is 58.6 Å². The number of rotatable bonds is 8. The van der Waals surface area contributed by atoms with E-state index in [9.17, 15) is 9.59 Å². The molecule has 0 unspecified atom stereocenters. The number of ether oxygens (including phenoxy) is 2. The van der Waals surface area contributed by atoms with Crippen LogP contribution in [0.25, 0.3) is 0 Å². The number of likely N-dealkylation sites (tertiary alicyclic amines) is 1. The van der Waals surface area contributed by atoms with Crippen LogP contribution in [0.4, 0.5) is 0 Å². The maximum Gasteiger partial charge on any atom is 0.345 e. The van der Waals surface area contributed by atoms with Gasteiger partial charge in [-0.15, -0.1) is 0 Å². The van der Waals surface area contributed by atoms with Gasteiger partial charge in [0.2, 0.25) is 0 Å². The lowest BCUT2D eigenvalue weighted by molar-refractivity contribution is -0.134. The minimum Gasteiger partial charge on any atom is -0.484 e. The summed E-state index contributed by atoms with van der Waals surface area (Å²) in [5.41, 5.74) is -0.0932. The fraction of sp³-hybridized carbons (Fsp3) is 0.550. The molecule has 8 heteroatoms. The lowest BCUT2D eigenvalue weighted by atomic mass is 9.96. The molecule has 2 aromatic rings. The first-order valence-corrected chi connectivity index (χ1v) is 9.76. The average Bonchev–Trinajstić information content (AvgIpc) is 3.06. The normalized spacial score (nSPS) is 15.0. The molecule has 3 rings (SSSR count). The molecule has 1 fully saturated rings. The van der Waals surface area contributed by atoms with E-state index in [2.05, 4.69) is 5.10 Å². The van der Waals surface area contributed by atoms with Crippen LogP contribution < -0.4 is 10.4 Å². The Hall–Kier alpha value is -2.61. The standard InChI is InChI=1S/C20H28N4O4/c1-3-23-19(21-24(20(23)26)13-14-27-2)16-9-11-22(12-10-16)18(25)15-28-17-7-5-4-6-8-17/h4-8,16H,3,9-15H2,1-2H3. The molecule has 0 N–H and O–H groups in total. The first-order chi connectivity index (χ1) is 13.6. The summed E-state index contributed by atoms with van der Waals surface area (Å²) >= 11 is 0. The van der Waals surface area contributed by atoms with Gasteiger partial charge in [-0.25, -0.2) is 9.48 Å². The number of amides is 1. The highest BCUT2D eigenvalue weighted by atomic mass is 16.5. The monoisotopic (exact) mass is 388 g/mol. The van der Waals surface area contributed by atoms with Crippen molar-refractivity contribution in [3.8, 4) is 5.75 Å². The van der Waals surface area contributed by atoms with Crippen LogP contribution in [-0.2, 0) is 22.6 Å². The number of carbonyl (C=O) groups excluding carboxylic acids is 1. The second kappa shape index (κ2) is 9.54. The van der Waals surface area contributed by atoms with Crippen LogP contribution in [0.15, 0.2) is 35.1 Å². The third-order valence-corrected chi connectivity index (χ3v) is 5.09. The fourth-order valence-corrected chi connectivity index (χ4v) is 3.52. The van der Waals surface area contributed by atoms with E-state index in [4.69, 9.17) is 9.47 Å². The Morgan fingerprint density at radius 2 is 1.93 bits per heavy atom. The molecule has 0 radical (unpaired) electrons. The van der Waals surface area contributed by atoms with E-state index in [1.54, 1.807) is 11.7 Å². The van der Waals surface area contributed by atoms with Gasteiger partial charge in [0.05, 0.1) is 13.2 Å². The molecule has 1 amide bonds. The number of para-hydroxylation sites is 1. The average molecular weight is 388 g/mol. The predicted octanol–water partition coefficient (Wildman–Crippen LogP) is 1.50. The zero-order chi connectivity index (χ0) is 19.9. The van der Waals surface area contributed by atoms with E-state index in [0.717, 1.165) is 18.7 Å². The Bertz CT molecular complexity index is 822. The number of nitrogens with zero attached hydrogens (tertiary/aromatic N) is 4. The van der Waals surface area contributed by atoms with Crippen LogP contribution in [0.5, 0.6) is 5.75 Å². The van der Waals surface area contributed by atoms with Crippen LogP contribution in [0.1, 0.15) is 31.5 Å². The summed E-state index contributed by atoms with van der Waals surface area (Å²) < 4.78 is 13.8. The summed E-state index contributed by atoms with van der Waals surface area (Å²) in [6.45, 7) is 4.77. The van der Waals surface area contributed by atoms with Crippen LogP contribution in [0.3, 0.4) is 0 Å². The highest BCUT2D eigenvalue weighted by Gasteiger charge is 2.28. The van der Waals surface area contributed by atoms with Gasteiger partial charge in [-0.3, -0.25) is 9.36 Å². The molecular weight excluding hydrogens is 360 g/mol. The van der Waals surface area contributed by atoms with Crippen molar-refractivity contribution in [3.05, 3.63) is 46.6 Å². The molecule has 0 spiro atoms. The number of piperidine rings is 1. The zero-order valence-electron chi connectivity index (χ0n) is 16.5. The van der Waals surface area contributed by atoms with Crippen LogP contribution >= 0.6 is 0 Å². The number of hydrogen-bond acceptors (Lipinski definition) is 5. The van der Waals surface area contributed by atoms with E-state index in [1.807, 2.05) is 42.2 Å². The number of carbonyl (C=O) groups is 1. The van der Waals surface area contributed by atoms with Gasteiger partial charge < -0.3 is 14.4 Å². The minimum absolute atomic E-state index is 0.0131. The van der Waals surface area contributed by atoms with E-state index in [1.165, 1.54) is 4.68 Å². The quantitative estimate of drug-likeness (QED) is 0.685. The zero-order valence-corrected chi connectivity index (χ0v) is 16.5. The van der Waals surface area contributed by atoms with E-state index < -0.39 is 0 Å². The second-order valence-electron chi connectivity index (χ2n) is 6.86. The Morgan fingerprint density at radius 3 is 2.57 bits per heavy atom. The van der Waals surface area contributed by atoms with E-state index in [-0.39, 0.29) is 24.1 Å². The first-order valence-electron chi connectivity index (χ1n) is 9.76. The third-order valence-electron chi connectivity index (χ3n) is 5.09. The summed E-state index contributed by atoms with van der Waals surface area (Å²) in [6, 6.07) is 9.34. The molecule has 1 aliphatic rings. The van der Waals surface area contributed by atoms with Gasteiger partial charge in [0.15, 0.2) is 6.61 Å². The van der Waals surface area contributed by atoms with Gasteiger partial charge in [0.1, 0.15) is 11.6 Å². The number of benzene rings is 1. The smallest absolute Gasteiger partial charge is 0.345 e. The minimum atomic E-state index is -0.0932. The molecule has 1 aromatic carbocycles. The summed E-state index contributed by atoms with van der Waals surface area (Å²) in [4.78, 5) is 26.7. The van der Waals surface area contributed by atoms with Crippen molar-refractivity contribution in [3.63, 3.8) is 0 Å². The van der Waals surface area contributed by atoms with Crippen molar-refractivity contribution < 1.29 is 14.3 Å². The van der Waals surface area contributed by atoms with Crippen molar-refractivity contribution in [2.24, 2.45) is 0 Å². The van der Waals surface area contributed by atoms with Crippen LogP contribution in [0.2, 0.25) is 0 Å². The lowest BCUT2D eigenvalue weighted by Crippen LogP contribution is -2.41. The largest absolute Gasteiger partial charge is 0.484 e. The van der Waals surface area contributed by atoms with Crippen molar-refractivity contribution >= 4 is 5.91 Å². The highest BCUT2D eigenvalue weighted by Crippen LogP contribution is 2.26. The topological polar surface area (TPSA) is 78.6 Å². The highest BCUT2D eigenvalue weighted by molar-refractivity contribution is 5.77. The Balaban J connectivity index is 1.57. The van der Waals surface area contributed by atoms with Crippen molar-refractivity contribution in [1.29, 1.82) is 0 Å². The molecule has 0 bridgehead atoms. The van der Waals surface area contributed by atoms with Gasteiger partial charge in [-0.1, -0.05) is 18.2 Å². The summed E-state index contributed by atoms with van der Waals surface area (Å²) in [5.74, 6) is 1.67. The molecule has 2 heterocycles. The summed E-state index contributed by atoms with van der Waals surface area (Å²) in [7, 11) is 1.61. The predicted molar refractivity (Wildman–Crippen MR) is 105 cm³/mol. The SMILES string of the molecule is CCn1c(C2CCN(C(=O)COc3ccccc3)CC2)nn(CCOC)c1=O. The van der Waals surface area contributed by atoms with Gasteiger partial charge in [-0.05, 0) is 31.9 Å². The fourth-order valence-electron chi connectivity index (χ4n) is 3.52. The maximum absolute atomic E-state index is 12.5. The summed E-state index contributed by atoms with van der Waals surface area (Å²) in [5, 5.41) is 4.55. The molecule has 152 valence electrons. The second-order valence-corrected chi connectivity index (χ2v) is 6.86. The van der Waals surface area contributed by atoms with Gasteiger partial charge >= 0.3 is 5.69 Å². The van der Waals surface area contributed by atoms with E-state index >= 15 is 0 Å². The summed E-state index contributed by atoms with van der Waals surface area (Å²) in [6.07, 6.45) is 1.58. The van der Waals surface area contributed by atoms with Crippen molar-refractivity contribution in [2.45, 2.75) is 38.8 Å². The molecule has 0 atom stereocenters. The third kappa shape index (κ3) is 4.62. The number of aromatic nitrogens is 3. The Labute approximate surface area is 164 Å². The number of hydrogen-bond donors (Lipinski definition) is 0. The number of methoxy groups -OCH3 is 1. The molecule has 8 nitrogen and oxygen atoms in total. The molecule has 1 aliphatic heterocycles. The lowest BCUT2D eigenvalue weighted by Gasteiger charge is -2.31. The van der Waals surface area contributed by atoms with Crippen LogP contribution in [0, 0.1) is 0 Å². The molecule has 1 saturated heterocycles. The molecule has 0 saturated carbocycles. The Morgan fingerprint density at radius 1 is 1.21 bits per heavy atom.